The predicted molar refractivity (Wildman–Crippen MR) is 49.2 cm³/mol. The maximum absolute atomic E-state index is 8.55. The van der Waals surface area contributed by atoms with Gasteiger partial charge in [-0.25, -0.2) is 0 Å². The molecule has 1 rings (SSSR count). The van der Waals surface area contributed by atoms with Crippen LogP contribution in [-0.2, 0) is 0 Å². The molecule has 3 nitrogen and oxygen atoms in total. The highest BCUT2D eigenvalue weighted by molar-refractivity contribution is 5.42. The fourth-order valence-corrected chi connectivity index (χ4v) is 0.967. The highest BCUT2D eigenvalue weighted by Crippen LogP contribution is 2.06. The minimum absolute atomic E-state index is 0.233. The third-order valence-corrected chi connectivity index (χ3v) is 1.56. The fraction of sp³-hybridized carbons (Fsp3) is 0.444. The molecule has 0 amide bonds. The molecular formula is C9H14N2O. The van der Waals surface area contributed by atoms with Crippen molar-refractivity contribution in [3.8, 4) is 0 Å². The van der Waals surface area contributed by atoms with Crippen molar-refractivity contribution in [1.82, 2.24) is 4.98 Å². The average molecular weight is 166 g/mol. The van der Waals surface area contributed by atoms with E-state index in [1.54, 1.807) is 6.20 Å². The standard InChI is InChI=1S/C9H14N2O/c1-8-7-9(3-5-10-8)11-4-2-6-12/h3,5,7,12H,2,4,6H2,1H3,(H,10,11). The van der Waals surface area contributed by atoms with Crippen LogP contribution in [0.3, 0.4) is 0 Å². The maximum atomic E-state index is 8.55. The summed E-state index contributed by atoms with van der Waals surface area (Å²) in [6.45, 7) is 2.99. The molecule has 1 aromatic rings. The Morgan fingerprint density at radius 2 is 2.42 bits per heavy atom. The molecule has 0 fully saturated rings. The van der Waals surface area contributed by atoms with Crippen molar-refractivity contribution in [2.45, 2.75) is 13.3 Å². The van der Waals surface area contributed by atoms with Gasteiger partial charge in [-0.15, -0.1) is 0 Å². The minimum Gasteiger partial charge on any atom is -0.396 e. The van der Waals surface area contributed by atoms with E-state index in [1.165, 1.54) is 0 Å². The normalized spacial score (nSPS) is 9.83. The van der Waals surface area contributed by atoms with Gasteiger partial charge in [0.2, 0.25) is 0 Å². The Bertz CT molecular complexity index is 238. The van der Waals surface area contributed by atoms with Crippen LogP contribution < -0.4 is 5.32 Å². The molecule has 66 valence electrons. The Labute approximate surface area is 72.5 Å². The van der Waals surface area contributed by atoms with Gasteiger partial charge in [0, 0.05) is 30.7 Å². The van der Waals surface area contributed by atoms with Crippen LogP contribution in [0.5, 0.6) is 0 Å². The molecule has 0 atom stereocenters. The summed E-state index contributed by atoms with van der Waals surface area (Å²) in [7, 11) is 0. The first-order valence-corrected chi connectivity index (χ1v) is 4.10. The summed E-state index contributed by atoms with van der Waals surface area (Å²) in [5, 5.41) is 11.7. The maximum Gasteiger partial charge on any atom is 0.0447 e. The summed E-state index contributed by atoms with van der Waals surface area (Å²) in [4.78, 5) is 4.08. The van der Waals surface area contributed by atoms with Gasteiger partial charge in [0.1, 0.15) is 0 Å². The Morgan fingerprint density at radius 3 is 3.08 bits per heavy atom. The van der Waals surface area contributed by atoms with Crippen LogP contribution >= 0.6 is 0 Å². The van der Waals surface area contributed by atoms with Crippen LogP contribution in [-0.4, -0.2) is 23.2 Å². The monoisotopic (exact) mass is 166 g/mol. The number of pyridine rings is 1. The number of aliphatic hydroxyl groups is 1. The third-order valence-electron chi connectivity index (χ3n) is 1.56. The van der Waals surface area contributed by atoms with Gasteiger partial charge in [0.25, 0.3) is 0 Å². The molecule has 0 bridgehead atoms. The lowest BCUT2D eigenvalue weighted by Gasteiger charge is -2.04. The molecule has 12 heavy (non-hydrogen) atoms. The number of rotatable bonds is 4. The lowest BCUT2D eigenvalue weighted by molar-refractivity contribution is 0.292. The van der Waals surface area contributed by atoms with Crippen molar-refractivity contribution < 1.29 is 5.11 Å². The number of aryl methyl sites for hydroxylation is 1. The zero-order valence-corrected chi connectivity index (χ0v) is 7.25. The van der Waals surface area contributed by atoms with Crippen molar-refractivity contribution in [2.75, 3.05) is 18.5 Å². The van der Waals surface area contributed by atoms with E-state index in [0.29, 0.717) is 0 Å². The van der Waals surface area contributed by atoms with Gasteiger partial charge >= 0.3 is 0 Å². The van der Waals surface area contributed by atoms with Crippen molar-refractivity contribution in [2.24, 2.45) is 0 Å². The Morgan fingerprint density at radius 1 is 1.58 bits per heavy atom. The molecule has 1 aromatic heterocycles. The van der Waals surface area contributed by atoms with Gasteiger partial charge < -0.3 is 10.4 Å². The summed E-state index contributed by atoms with van der Waals surface area (Å²) in [6.07, 6.45) is 2.55. The fourth-order valence-electron chi connectivity index (χ4n) is 0.967. The Hall–Kier alpha value is -1.09. The molecule has 0 aliphatic rings. The molecule has 0 aliphatic heterocycles. The molecule has 3 heteroatoms. The topological polar surface area (TPSA) is 45.1 Å². The second-order valence-electron chi connectivity index (χ2n) is 2.69. The van der Waals surface area contributed by atoms with Crippen LogP contribution in [0.15, 0.2) is 18.3 Å². The second kappa shape index (κ2) is 4.72. The predicted octanol–water partition coefficient (Wildman–Crippen LogP) is 1.18. The first-order valence-electron chi connectivity index (χ1n) is 4.10. The van der Waals surface area contributed by atoms with E-state index in [2.05, 4.69) is 10.3 Å². The SMILES string of the molecule is Cc1cc(NCCCO)ccn1. The first kappa shape index (κ1) is 9.00. The molecule has 0 aliphatic carbocycles. The van der Waals surface area contributed by atoms with Gasteiger partial charge in [0.15, 0.2) is 0 Å². The number of aromatic nitrogens is 1. The molecule has 1 heterocycles. The average Bonchev–Trinajstić information content (AvgIpc) is 2.05. The van der Waals surface area contributed by atoms with E-state index >= 15 is 0 Å². The second-order valence-corrected chi connectivity index (χ2v) is 2.69. The summed E-state index contributed by atoms with van der Waals surface area (Å²) in [6, 6.07) is 3.90. The van der Waals surface area contributed by atoms with Gasteiger partial charge in [-0.3, -0.25) is 4.98 Å². The summed E-state index contributed by atoms with van der Waals surface area (Å²) in [5.74, 6) is 0. The van der Waals surface area contributed by atoms with E-state index in [-0.39, 0.29) is 6.61 Å². The summed E-state index contributed by atoms with van der Waals surface area (Å²) < 4.78 is 0. The Kier molecular flexibility index (Phi) is 3.54. The minimum atomic E-state index is 0.233. The van der Waals surface area contributed by atoms with Gasteiger partial charge in [-0.1, -0.05) is 0 Å². The molecule has 0 unspecified atom stereocenters. The molecule has 0 saturated heterocycles. The third kappa shape index (κ3) is 2.88. The molecule has 0 saturated carbocycles. The van der Waals surface area contributed by atoms with E-state index in [1.807, 2.05) is 19.1 Å². The number of nitrogens with one attached hydrogen (secondary N) is 1. The molecule has 2 N–H and O–H groups in total. The van der Waals surface area contributed by atoms with Crippen molar-refractivity contribution in [3.05, 3.63) is 24.0 Å². The van der Waals surface area contributed by atoms with Crippen molar-refractivity contribution in [3.63, 3.8) is 0 Å². The molecular weight excluding hydrogens is 152 g/mol. The van der Waals surface area contributed by atoms with Crippen LogP contribution in [0.2, 0.25) is 0 Å². The van der Waals surface area contributed by atoms with E-state index in [9.17, 15) is 0 Å². The van der Waals surface area contributed by atoms with Crippen LogP contribution in [0.4, 0.5) is 5.69 Å². The first-order chi connectivity index (χ1) is 5.83. The smallest absolute Gasteiger partial charge is 0.0447 e. The summed E-state index contributed by atoms with van der Waals surface area (Å²) >= 11 is 0. The molecule has 0 radical (unpaired) electrons. The van der Waals surface area contributed by atoms with E-state index in [0.717, 1.165) is 24.3 Å². The highest BCUT2D eigenvalue weighted by Gasteiger charge is 1.91. The van der Waals surface area contributed by atoms with Crippen LogP contribution in [0, 0.1) is 6.92 Å². The molecule has 0 spiro atoms. The van der Waals surface area contributed by atoms with Crippen molar-refractivity contribution >= 4 is 5.69 Å². The van der Waals surface area contributed by atoms with E-state index in [4.69, 9.17) is 5.11 Å². The van der Waals surface area contributed by atoms with Crippen LogP contribution in [0.25, 0.3) is 0 Å². The van der Waals surface area contributed by atoms with E-state index < -0.39 is 0 Å². The number of aliphatic hydroxyl groups excluding tert-OH is 1. The van der Waals surface area contributed by atoms with Gasteiger partial charge in [-0.2, -0.15) is 0 Å². The highest BCUT2D eigenvalue weighted by atomic mass is 16.3. The van der Waals surface area contributed by atoms with Crippen molar-refractivity contribution in [1.29, 1.82) is 0 Å². The molecule has 0 aromatic carbocycles. The zero-order valence-electron chi connectivity index (χ0n) is 7.25. The van der Waals surface area contributed by atoms with Gasteiger partial charge in [0.05, 0.1) is 0 Å². The van der Waals surface area contributed by atoms with Crippen LogP contribution in [0.1, 0.15) is 12.1 Å². The van der Waals surface area contributed by atoms with Gasteiger partial charge in [-0.05, 0) is 25.5 Å². The summed E-state index contributed by atoms with van der Waals surface area (Å²) in [5.41, 5.74) is 2.07. The number of hydrogen-bond acceptors (Lipinski definition) is 3. The largest absolute Gasteiger partial charge is 0.396 e. The number of anilines is 1. The lowest BCUT2D eigenvalue weighted by Crippen LogP contribution is -2.03. The number of nitrogens with zero attached hydrogens (tertiary/aromatic N) is 1. The lowest BCUT2D eigenvalue weighted by atomic mass is 10.3. The zero-order chi connectivity index (χ0) is 8.81. The quantitative estimate of drug-likeness (QED) is 0.660. The Balaban J connectivity index is 2.41. The number of hydrogen-bond donors (Lipinski definition) is 2.